The molecule has 0 aliphatic carbocycles. The maximum absolute atomic E-state index is 12.1. The van der Waals surface area contributed by atoms with Gasteiger partial charge in [-0.25, -0.2) is 0 Å². The predicted octanol–water partition coefficient (Wildman–Crippen LogP) is 4.24. The van der Waals surface area contributed by atoms with Crippen molar-refractivity contribution in [2.75, 3.05) is 13.7 Å². The van der Waals surface area contributed by atoms with Gasteiger partial charge in [-0.1, -0.05) is 44.9 Å². The van der Waals surface area contributed by atoms with Gasteiger partial charge in [0, 0.05) is 24.0 Å². The molecule has 134 valence electrons. The van der Waals surface area contributed by atoms with Crippen LogP contribution in [0.15, 0.2) is 42.6 Å². The SMILES string of the molecule is CCCC(CC)CNC(=O)Cc1ccc(-c2ccc(OC)cc2)cn1. The van der Waals surface area contributed by atoms with Crippen molar-refractivity contribution in [1.29, 1.82) is 0 Å². The maximum Gasteiger partial charge on any atom is 0.226 e. The number of nitrogens with zero attached hydrogens (tertiary/aromatic N) is 1. The third kappa shape index (κ3) is 5.89. The highest BCUT2D eigenvalue weighted by molar-refractivity contribution is 5.78. The maximum atomic E-state index is 12.1. The van der Waals surface area contributed by atoms with Gasteiger partial charge in [0.15, 0.2) is 0 Å². The van der Waals surface area contributed by atoms with Crippen LogP contribution in [0.4, 0.5) is 0 Å². The minimum absolute atomic E-state index is 0.0410. The summed E-state index contributed by atoms with van der Waals surface area (Å²) in [6.45, 7) is 5.11. The van der Waals surface area contributed by atoms with Gasteiger partial charge in [-0.05, 0) is 36.1 Å². The first kappa shape index (κ1) is 19.0. The molecule has 4 nitrogen and oxygen atoms in total. The summed E-state index contributed by atoms with van der Waals surface area (Å²) in [6, 6.07) is 11.8. The summed E-state index contributed by atoms with van der Waals surface area (Å²) in [6.07, 6.45) is 5.55. The average Bonchev–Trinajstić information content (AvgIpc) is 2.66. The topological polar surface area (TPSA) is 51.2 Å². The molecule has 25 heavy (non-hydrogen) atoms. The van der Waals surface area contributed by atoms with E-state index in [4.69, 9.17) is 4.74 Å². The highest BCUT2D eigenvalue weighted by atomic mass is 16.5. The molecule has 1 unspecified atom stereocenters. The number of carbonyl (C=O) groups is 1. The standard InChI is InChI=1S/C21H28N2O2/c1-4-6-16(5-2)14-23-21(24)13-19-10-7-18(15-22-19)17-8-11-20(25-3)12-9-17/h7-12,15-16H,4-6,13-14H2,1-3H3,(H,23,24). The second-order valence-electron chi connectivity index (χ2n) is 6.31. The van der Waals surface area contributed by atoms with Crippen LogP contribution in [0.2, 0.25) is 0 Å². The van der Waals surface area contributed by atoms with Crippen LogP contribution in [-0.2, 0) is 11.2 Å². The highest BCUT2D eigenvalue weighted by Gasteiger charge is 2.09. The van der Waals surface area contributed by atoms with Gasteiger partial charge in [0.1, 0.15) is 5.75 Å². The molecule has 0 bridgehead atoms. The number of carbonyl (C=O) groups excluding carboxylic acids is 1. The minimum Gasteiger partial charge on any atom is -0.497 e. The van der Waals surface area contributed by atoms with Crippen LogP contribution < -0.4 is 10.1 Å². The van der Waals surface area contributed by atoms with Crippen LogP contribution in [0.5, 0.6) is 5.75 Å². The predicted molar refractivity (Wildman–Crippen MR) is 102 cm³/mol. The summed E-state index contributed by atoms with van der Waals surface area (Å²) in [5, 5.41) is 3.03. The number of amides is 1. The molecule has 0 saturated carbocycles. The van der Waals surface area contributed by atoms with Gasteiger partial charge in [0.25, 0.3) is 0 Å². The molecule has 0 saturated heterocycles. The van der Waals surface area contributed by atoms with E-state index in [0.29, 0.717) is 12.3 Å². The molecule has 1 heterocycles. The van der Waals surface area contributed by atoms with E-state index >= 15 is 0 Å². The Bertz CT molecular complexity index is 651. The first-order valence-electron chi connectivity index (χ1n) is 9.02. The van der Waals surface area contributed by atoms with E-state index in [9.17, 15) is 4.79 Å². The molecule has 0 spiro atoms. The normalized spacial score (nSPS) is 11.8. The van der Waals surface area contributed by atoms with Crippen molar-refractivity contribution in [3.05, 3.63) is 48.3 Å². The Hall–Kier alpha value is -2.36. The van der Waals surface area contributed by atoms with Gasteiger partial charge in [-0.2, -0.15) is 0 Å². The van der Waals surface area contributed by atoms with Crippen LogP contribution >= 0.6 is 0 Å². The number of rotatable bonds is 9. The molecule has 1 aromatic heterocycles. The lowest BCUT2D eigenvalue weighted by atomic mass is 10.0. The Morgan fingerprint density at radius 2 is 1.84 bits per heavy atom. The second kappa shape index (κ2) is 9.82. The van der Waals surface area contributed by atoms with Crippen molar-refractivity contribution in [2.45, 2.75) is 39.5 Å². The molecule has 0 radical (unpaired) electrons. The lowest BCUT2D eigenvalue weighted by Crippen LogP contribution is -2.30. The van der Waals surface area contributed by atoms with Gasteiger partial charge in [-0.15, -0.1) is 0 Å². The average molecular weight is 340 g/mol. The number of nitrogens with one attached hydrogen (secondary N) is 1. The zero-order valence-corrected chi connectivity index (χ0v) is 15.4. The van der Waals surface area contributed by atoms with Crippen LogP contribution in [0, 0.1) is 5.92 Å². The Balaban J connectivity index is 1.89. The summed E-state index contributed by atoms with van der Waals surface area (Å²) < 4.78 is 5.17. The number of pyridine rings is 1. The third-order valence-corrected chi connectivity index (χ3v) is 4.45. The molecular weight excluding hydrogens is 312 g/mol. The zero-order chi connectivity index (χ0) is 18.1. The van der Waals surface area contributed by atoms with Gasteiger partial charge >= 0.3 is 0 Å². The van der Waals surface area contributed by atoms with E-state index in [1.807, 2.05) is 42.6 Å². The number of hydrogen-bond donors (Lipinski definition) is 1. The third-order valence-electron chi connectivity index (χ3n) is 4.45. The molecule has 2 aromatic rings. The number of ether oxygens (including phenoxy) is 1. The van der Waals surface area contributed by atoms with Crippen molar-refractivity contribution >= 4 is 5.91 Å². The summed E-state index contributed by atoms with van der Waals surface area (Å²) >= 11 is 0. The van der Waals surface area contributed by atoms with Crippen molar-refractivity contribution in [3.8, 4) is 16.9 Å². The fraction of sp³-hybridized carbons (Fsp3) is 0.429. The molecule has 4 heteroatoms. The van der Waals surface area contributed by atoms with E-state index < -0.39 is 0 Å². The molecule has 1 amide bonds. The van der Waals surface area contributed by atoms with E-state index in [-0.39, 0.29) is 5.91 Å². The first-order chi connectivity index (χ1) is 12.2. The van der Waals surface area contributed by atoms with Crippen LogP contribution in [0.25, 0.3) is 11.1 Å². The van der Waals surface area contributed by atoms with E-state index in [2.05, 4.69) is 24.1 Å². The summed E-state index contributed by atoms with van der Waals surface area (Å²) in [5.74, 6) is 1.44. The van der Waals surface area contributed by atoms with Gasteiger partial charge in [0.2, 0.25) is 5.91 Å². The number of benzene rings is 1. The number of hydrogen-bond acceptors (Lipinski definition) is 3. The van der Waals surface area contributed by atoms with Crippen molar-refractivity contribution in [2.24, 2.45) is 5.92 Å². The minimum atomic E-state index is 0.0410. The van der Waals surface area contributed by atoms with Crippen LogP contribution in [0.1, 0.15) is 38.8 Å². The monoisotopic (exact) mass is 340 g/mol. The Morgan fingerprint density at radius 3 is 2.40 bits per heavy atom. The summed E-state index contributed by atoms with van der Waals surface area (Å²) in [4.78, 5) is 16.5. The fourth-order valence-corrected chi connectivity index (χ4v) is 2.83. The van der Waals surface area contributed by atoms with Gasteiger partial charge < -0.3 is 10.1 Å². The lowest BCUT2D eigenvalue weighted by Gasteiger charge is -2.14. The highest BCUT2D eigenvalue weighted by Crippen LogP contribution is 2.21. The molecular formula is C21H28N2O2. The second-order valence-corrected chi connectivity index (χ2v) is 6.31. The fourth-order valence-electron chi connectivity index (χ4n) is 2.83. The molecule has 0 aliphatic heterocycles. The lowest BCUT2D eigenvalue weighted by molar-refractivity contribution is -0.120. The quantitative estimate of drug-likeness (QED) is 0.743. The van der Waals surface area contributed by atoms with Crippen molar-refractivity contribution in [1.82, 2.24) is 10.3 Å². The molecule has 1 N–H and O–H groups in total. The van der Waals surface area contributed by atoms with Crippen LogP contribution in [-0.4, -0.2) is 24.5 Å². The smallest absolute Gasteiger partial charge is 0.226 e. The Kier molecular flexibility index (Phi) is 7.45. The zero-order valence-electron chi connectivity index (χ0n) is 15.4. The van der Waals surface area contributed by atoms with Gasteiger partial charge in [0.05, 0.1) is 13.5 Å². The van der Waals surface area contributed by atoms with Gasteiger partial charge in [-0.3, -0.25) is 9.78 Å². The Labute approximate surface area is 150 Å². The van der Waals surface area contributed by atoms with Crippen molar-refractivity contribution in [3.63, 3.8) is 0 Å². The van der Waals surface area contributed by atoms with Crippen LogP contribution in [0.3, 0.4) is 0 Å². The molecule has 1 aromatic carbocycles. The van der Waals surface area contributed by atoms with E-state index in [0.717, 1.165) is 48.4 Å². The molecule has 2 rings (SSSR count). The Morgan fingerprint density at radius 1 is 1.12 bits per heavy atom. The summed E-state index contributed by atoms with van der Waals surface area (Å²) in [7, 11) is 1.65. The molecule has 0 fully saturated rings. The van der Waals surface area contributed by atoms with E-state index in [1.165, 1.54) is 0 Å². The van der Waals surface area contributed by atoms with E-state index in [1.54, 1.807) is 7.11 Å². The molecule has 0 aliphatic rings. The van der Waals surface area contributed by atoms with Crippen molar-refractivity contribution < 1.29 is 9.53 Å². The first-order valence-corrected chi connectivity index (χ1v) is 9.02. The number of aromatic nitrogens is 1. The molecule has 1 atom stereocenters. The number of methoxy groups -OCH3 is 1. The largest absolute Gasteiger partial charge is 0.497 e. The summed E-state index contributed by atoms with van der Waals surface area (Å²) in [5.41, 5.74) is 2.90.